The molecule has 0 bridgehead atoms. The van der Waals surface area contributed by atoms with Crippen LogP contribution in [0.4, 0.5) is 0 Å². The van der Waals surface area contributed by atoms with E-state index in [0.717, 1.165) is 6.21 Å². The van der Waals surface area contributed by atoms with Crippen LogP contribution in [0, 0.1) is 0 Å². The van der Waals surface area contributed by atoms with E-state index in [9.17, 15) is 13.2 Å². The number of rotatable bonds is 7. The number of nitrogens with one attached hydrogen (secondary N) is 1. The lowest BCUT2D eigenvalue weighted by molar-refractivity contribution is -0.115. The predicted molar refractivity (Wildman–Crippen MR) is 67.5 cm³/mol. The average molecular weight is 283 g/mol. The number of carbonyl (C=O) groups is 1. The molecule has 0 aromatic heterocycles. The molecule has 102 valence electrons. The van der Waals surface area contributed by atoms with Gasteiger partial charge in [0.15, 0.2) is 0 Å². The van der Waals surface area contributed by atoms with E-state index in [4.69, 9.17) is 10.3 Å². The summed E-state index contributed by atoms with van der Waals surface area (Å²) in [5, 5.41) is 0. The Morgan fingerprint density at radius 3 is 2.58 bits per heavy atom. The SMILES string of the molecule is COc1ccc(S(=O)(=O)NCCC(=O)C=[N+]=[N-])cc1. The van der Waals surface area contributed by atoms with Crippen LogP contribution in [0.5, 0.6) is 5.75 Å². The number of hydrogen-bond donors (Lipinski definition) is 1. The summed E-state index contributed by atoms with van der Waals surface area (Å²) in [6.07, 6.45) is 0.640. The maximum Gasteiger partial charge on any atom is 0.323 e. The fourth-order valence-electron chi connectivity index (χ4n) is 1.28. The molecule has 1 rings (SSSR count). The highest BCUT2D eigenvalue weighted by Gasteiger charge is 2.14. The van der Waals surface area contributed by atoms with Gasteiger partial charge in [-0.25, -0.2) is 13.1 Å². The van der Waals surface area contributed by atoms with Gasteiger partial charge in [-0.1, -0.05) is 0 Å². The second-order valence-electron chi connectivity index (χ2n) is 3.53. The van der Waals surface area contributed by atoms with Gasteiger partial charge in [0.2, 0.25) is 15.8 Å². The minimum Gasteiger partial charge on any atom is -0.497 e. The number of ether oxygens (including phenoxy) is 1. The van der Waals surface area contributed by atoms with Crippen LogP contribution in [0.3, 0.4) is 0 Å². The van der Waals surface area contributed by atoms with Gasteiger partial charge in [0.1, 0.15) is 5.75 Å². The first kappa shape index (κ1) is 15.0. The molecule has 0 aliphatic carbocycles. The van der Waals surface area contributed by atoms with Gasteiger partial charge in [0.25, 0.3) is 0 Å². The van der Waals surface area contributed by atoms with Crippen molar-refractivity contribution < 1.29 is 22.7 Å². The lowest BCUT2D eigenvalue weighted by Crippen LogP contribution is -2.26. The van der Waals surface area contributed by atoms with Crippen molar-refractivity contribution in [2.75, 3.05) is 13.7 Å². The Morgan fingerprint density at radius 1 is 1.42 bits per heavy atom. The molecule has 0 aliphatic heterocycles. The number of benzene rings is 1. The summed E-state index contributed by atoms with van der Waals surface area (Å²) in [4.78, 5) is 13.6. The van der Waals surface area contributed by atoms with E-state index in [0.29, 0.717) is 5.75 Å². The first-order chi connectivity index (χ1) is 8.99. The highest BCUT2D eigenvalue weighted by Crippen LogP contribution is 2.15. The summed E-state index contributed by atoms with van der Waals surface area (Å²) in [6.45, 7) is -0.0702. The van der Waals surface area contributed by atoms with E-state index in [2.05, 4.69) is 9.51 Å². The Balaban J connectivity index is 2.65. The quantitative estimate of drug-likeness (QED) is 0.439. The number of hydrogen-bond acceptors (Lipinski definition) is 4. The lowest BCUT2D eigenvalue weighted by Gasteiger charge is -2.06. The molecular weight excluding hydrogens is 270 g/mol. The third-order valence-corrected chi connectivity index (χ3v) is 3.71. The maximum absolute atomic E-state index is 11.8. The molecular formula is C11H13N3O4S. The third kappa shape index (κ3) is 4.63. The molecule has 1 N–H and O–H groups in total. The van der Waals surface area contributed by atoms with Gasteiger partial charge in [-0.2, -0.15) is 4.79 Å². The first-order valence-electron chi connectivity index (χ1n) is 5.33. The van der Waals surface area contributed by atoms with Crippen molar-refractivity contribution in [2.24, 2.45) is 0 Å². The molecule has 1 aromatic rings. The summed E-state index contributed by atoms with van der Waals surface area (Å²) in [5.74, 6) is 0.0771. The van der Waals surface area contributed by atoms with Gasteiger partial charge in [0, 0.05) is 13.0 Å². The smallest absolute Gasteiger partial charge is 0.323 e. The Labute approximate surface area is 110 Å². The second-order valence-corrected chi connectivity index (χ2v) is 5.30. The molecule has 1 aromatic carbocycles. The van der Waals surface area contributed by atoms with Crippen LogP contribution in [0.1, 0.15) is 6.42 Å². The summed E-state index contributed by atoms with van der Waals surface area (Å²) >= 11 is 0. The van der Waals surface area contributed by atoms with E-state index < -0.39 is 15.8 Å². The van der Waals surface area contributed by atoms with Crippen molar-refractivity contribution in [3.05, 3.63) is 29.8 Å². The molecule has 0 saturated heterocycles. The number of sulfonamides is 1. The predicted octanol–water partition coefficient (Wildman–Crippen LogP) is 0.233. The molecule has 19 heavy (non-hydrogen) atoms. The molecule has 8 heteroatoms. The van der Waals surface area contributed by atoms with E-state index in [1.165, 1.54) is 31.4 Å². The van der Waals surface area contributed by atoms with Gasteiger partial charge < -0.3 is 10.3 Å². The Morgan fingerprint density at radius 2 is 2.05 bits per heavy atom. The minimum absolute atomic E-state index is 0.0702. The number of methoxy groups -OCH3 is 1. The number of nitrogens with zero attached hydrogens (tertiary/aromatic N) is 2. The van der Waals surface area contributed by atoms with Crippen LogP contribution in [0.15, 0.2) is 29.2 Å². The van der Waals surface area contributed by atoms with Crippen LogP contribution in [0.25, 0.3) is 5.53 Å². The fraction of sp³-hybridized carbons (Fsp3) is 0.273. The van der Waals surface area contributed by atoms with Crippen molar-refractivity contribution >= 4 is 22.0 Å². The molecule has 0 fully saturated rings. The molecule has 0 unspecified atom stereocenters. The molecule has 0 saturated carbocycles. The zero-order valence-electron chi connectivity index (χ0n) is 10.2. The van der Waals surface area contributed by atoms with E-state index >= 15 is 0 Å². The van der Waals surface area contributed by atoms with Crippen molar-refractivity contribution in [3.63, 3.8) is 0 Å². The zero-order valence-corrected chi connectivity index (χ0v) is 11.1. The van der Waals surface area contributed by atoms with Gasteiger partial charge in [-0.3, -0.25) is 4.79 Å². The minimum atomic E-state index is -3.66. The van der Waals surface area contributed by atoms with Crippen LogP contribution >= 0.6 is 0 Å². The summed E-state index contributed by atoms with van der Waals surface area (Å²) in [5.41, 5.74) is 8.12. The Kier molecular flexibility index (Phi) is 5.37. The number of Topliss-reactive ketones (excluding diaryl/α,β-unsaturated/α-hetero) is 1. The molecule has 0 amide bonds. The van der Waals surface area contributed by atoms with Crippen molar-refractivity contribution in [1.82, 2.24) is 4.72 Å². The number of ketones is 1. The fourth-order valence-corrected chi connectivity index (χ4v) is 2.31. The first-order valence-corrected chi connectivity index (χ1v) is 6.82. The summed E-state index contributed by atoms with van der Waals surface area (Å²) in [6, 6.07) is 5.85. The maximum atomic E-state index is 11.8. The topological polar surface area (TPSA) is 109 Å². The molecule has 0 aliphatic rings. The van der Waals surface area contributed by atoms with Crippen molar-refractivity contribution in [2.45, 2.75) is 11.3 Å². The van der Waals surface area contributed by atoms with Crippen molar-refractivity contribution in [1.29, 1.82) is 0 Å². The van der Waals surface area contributed by atoms with Crippen LogP contribution in [-0.4, -0.2) is 38.9 Å². The van der Waals surface area contributed by atoms with Gasteiger partial charge >= 0.3 is 6.21 Å². The Hall–Kier alpha value is -2.02. The molecule has 0 atom stereocenters. The lowest BCUT2D eigenvalue weighted by atomic mass is 10.3. The Bertz CT molecular complexity index is 589. The van der Waals surface area contributed by atoms with E-state index in [-0.39, 0.29) is 17.9 Å². The summed E-state index contributed by atoms with van der Waals surface area (Å²) in [7, 11) is -2.18. The van der Waals surface area contributed by atoms with Crippen LogP contribution < -0.4 is 9.46 Å². The van der Waals surface area contributed by atoms with Crippen molar-refractivity contribution in [3.8, 4) is 5.75 Å². The monoisotopic (exact) mass is 283 g/mol. The standard InChI is InChI=1S/C11H13N3O4S/c1-18-10-2-4-11(5-3-10)19(16,17)14-7-6-9(15)8-13-12/h2-5,8,14H,6-7H2,1H3. The van der Waals surface area contributed by atoms with Gasteiger partial charge in [-0.05, 0) is 24.3 Å². The zero-order chi connectivity index (χ0) is 14.3. The van der Waals surface area contributed by atoms with Crippen LogP contribution in [0.2, 0.25) is 0 Å². The average Bonchev–Trinajstić information content (AvgIpc) is 2.39. The molecule has 0 spiro atoms. The molecule has 7 nitrogen and oxygen atoms in total. The highest BCUT2D eigenvalue weighted by molar-refractivity contribution is 7.89. The highest BCUT2D eigenvalue weighted by atomic mass is 32.2. The van der Waals surface area contributed by atoms with E-state index in [1.54, 1.807) is 0 Å². The van der Waals surface area contributed by atoms with Crippen LogP contribution in [-0.2, 0) is 14.8 Å². The molecule has 0 heterocycles. The molecule has 0 radical (unpaired) electrons. The third-order valence-electron chi connectivity index (χ3n) is 2.23. The largest absolute Gasteiger partial charge is 0.497 e. The summed E-state index contributed by atoms with van der Waals surface area (Å²) < 4.78 is 30.8. The second kappa shape index (κ2) is 6.79. The van der Waals surface area contributed by atoms with Gasteiger partial charge in [0.05, 0.1) is 12.0 Å². The normalized spacial score (nSPS) is 10.6. The van der Waals surface area contributed by atoms with E-state index in [1.807, 2.05) is 0 Å². The van der Waals surface area contributed by atoms with Gasteiger partial charge in [-0.15, -0.1) is 0 Å². The number of carbonyl (C=O) groups excluding carboxylic acids is 1.